The first kappa shape index (κ1) is 14.9. The van der Waals surface area contributed by atoms with Gasteiger partial charge in [0.25, 0.3) is 0 Å². The topological polar surface area (TPSA) is 90.1 Å². The minimum absolute atomic E-state index is 0.0150. The van der Waals surface area contributed by atoms with Crippen LogP contribution in [0.15, 0.2) is 20.8 Å². The number of aliphatic imine (C=N–C) groups is 1. The smallest absolute Gasteiger partial charge is 0.427 e. The Morgan fingerprint density at radius 3 is 2.71 bits per heavy atom. The lowest BCUT2D eigenvalue weighted by Gasteiger charge is -2.01. The maximum atomic E-state index is 10.7. The van der Waals surface area contributed by atoms with Crippen molar-refractivity contribution in [1.82, 2.24) is 10.3 Å². The Balaban J connectivity index is 4.67. The Labute approximate surface area is 104 Å². The number of allylic oxidation sites excluding steroid dienone is 1. The van der Waals surface area contributed by atoms with Gasteiger partial charge < -0.3 is 9.64 Å². The summed E-state index contributed by atoms with van der Waals surface area (Å²) in [5.74, 6) is 0. The number of nitriles is 1. The highest BCUT2D eigenvalue weighted by atomic mass is 35.5. The average Bonchev–Trinajstić information content (AvgIpc) is 2.31. The number of hydrogen-bond acceptors (Lipinski definition) is 5. The third-order valence-electron chi connectivity index (χ3n) is 1.28. The lowest BCUT2D eigenvalue weighted by molar-refractivity contribution is 0.171. The first-order valence-corrected chi connectivity index (χ1v) is 4.76. The van der Waals surface area contributed by atoms with Gasteiger partial charge in [0.05, 0.1) is 19.7 Å². The molecule has 0 saturated heterocycles. The summed E-state index contributed by atoms with van der Waals surface area (Å²) < 4.78 is 4.27. The molecule has 0 aliphatic carbocycles. The molecule has 0 heterocycles. The molecular weight excluding hydrogens is 246 g/mol. The molecule has 8 heteroatoms. The quantitative estimate of drug-likeness (QED) is 0.266. The highest BCUT2D eigenvalue weighted by Gasteiger charge is 2.00. The second-order valence-electron chi connectivity index (χ2n) is 2.89. The van der Waals surface area contributed by atoms with Gasteiger partial charge in [0.1, 0.15) is 16.8 Å². The summed E-state index contributed by atoms with van der Waals surface area (Å²) in [4.78, 5) is 16.1. The lowest BCUT2D eigenvalue weighted by atomic mass is 10.3. The molecule has 0 aromatic rings. The van der Waals surface area contributed by atoms with E-state index in [9.17, 15) is 4.79 Å². The molecular formula is C9H12ClN5O2. The predicted octanol–water partition coefficient (Wildman–Crippen LogP) is 0.892. The Morgan fingerprint density at radius 2 is 2.24 bits per heavy atom. The van der Waals surface area contributed by atoms with Gasteiger partial charge in [-0.2, -0.15) is 10.4 Å². The van der Waals surface area contributed by atoms with Crippen LogP contribution in [-0.2, 0) is 4.74 Å². The summed E-state index contributed by atoms with van der Waals surface area (Å²) in [6.45, 7) is 0. The van der Waals surface area contributed by atoms with Gasteiger partial charge >= 0.3 is 6.09 Å². The zero-order chi connectivity index (χ0) is 13.3. The molecule has 0 atom stereocenters. The van der Waals surface area contributed by atoms with Gasteiger partial charge in [0, 0.05) is 14.1 Å². The number of halogens is 1. The molecule has 92 valence electrons. The van der Waals surface area contributed by atoms with E-state index in [0.29, 0.717) is 0 Å². The summed E-state index contributed by atoms with van der Waals surface area (Å²) in [5, 5.41) is 12.2. The van der Waals surface area contributed by atoms with E-state index in [0.717, 1.165) is 6.21 Å². The number of rotatable bonds is 4. The van der Waals surface area contributed by atoms with Crippen molar-refractivity contribution < 1.29 is 9.53 Å². The standard InChI is InChI=1S/C9H12ClN5O2/c1-15(2)6-12-8(10)7(4-11)5-13-14-9(16)17-3/h5-6H,1-3H3,(H,14,16)/b8-7+,12-6?,13-5-. The highest BCUT2D eigenvalue weighted by Crippen LogP contribution is 2.08. The number of carbonyl (C=O) groups is 1. The molecule has 0 bridgehead atoms. The summed E-state index contributed by atoms with van der Waals surface area (Å²) in [7, 11) is 4.71. The zero-order valence-corrected chi connectivity index (χ0v) is 10.4. The number of nitrogens with zero attached hydrogens (tertiary/aromatic N) is 4. The number of amides is 1. The minimum Gasteiger partial charge on any atom is -0.452 e. The van der Waals surface area contributed by atoms with Crippen molar-refractivity contribution in [3.05, 3.63) is 10.7 Å². The molecule has 0 spiro atoms. The SMILES string of the molecule is COC(=O)N/N=C\C(C#N)=C(/Cl)N=CN(C)C. The number of carbonyl (C=O) groups excluding carboxylic acids is 1. The summed E-state index contributed by atoms with van der Waals surface area (Å²) in [5.41, 5.74) is 2.03. The van der Waals surface area contributed by atoms with Gasteiger partial charge in [-0.1, -0.05) is 11.6 Å². The van der Waals surface area contributed by atoms with Crippen molar-refractivity contribution in [2.24, 2.45) is 10.1 Å². The van der Waals surface area contributed by atoms with Gasteiger partial charge in [-0.15, -0.1) is 0 Å². The van der Waals surface area contributed by atoms with Crippen LogP contribution in [0.4, 0.5) is 4.79 Å². The van der Waals surface area contributed by atoms with Gasteiger partial charge in [-0.05, 0) is 0 Å². The summed E-state index contributed by atoms with van der Waals surface area (Å²) >= 11 is 5.74. The Morgan fingerprint density at radius 1 is 1.59 bits per heavy atom. The number of methoxy groups -OCH3 is 1. The van der Waals surface area contributed by atoms with Gasteiger partial charge in [-0.25, -0.2) is 15.2 Å². The number of hydrazone groups is 1. The fourth-order valence-corrected chi connectivity index (χ4v) is 0.694. The maximum absolute atomic E-state index is 10.7. The molecule has 0 unspecified atom stereocenters. The molecule has 0 aromatic carbocycles. The van der Waals surface area contributed by atoms with Crippen LogP contribution in [0.1, 0.15) is 0 Å². The maximum Gasteiger partial charge on any atom is 0.427 e. The molecule has 0 aliphatic heterocycles. The highest BCUT2D eigenvalue weighted by molar-refractivity contribution is 6.31. The van der Waals surface area contributed by atoms with Crippen LogP contribution >= 0.6 is 11.6 Å². The Bertz CT molecular complexity index is 395. The van der Waals surface area contributed by atoms with Crippen LogP contribution < -0.4 is 5.43 Å². The fourth-order valence-electron chi connectivity index (χ4n) is 0.559. The predicted molar refractivity (Wildman–Crippen MR) is 64.7 cm³/mol. The van der Waals surface area contributed by atoms with Crippen molar-refractivity contribution in [1.29, 1.82) is 5.26 Å². The number of hydrogen-bond donors (Lipinski definition) is 1. The van der Waals surface area contributed by atoms with E-state index < -0.39 is 6.09 Å². The molecule has 0 radical (unpaired) electrons. The van der Waals surface area contributed by atoms with Crippen LogP contribution in [-0.4, -0.2) is 44.8 Å². The molecule has 0 fully saturated rings. The van der Waals surface area contributed by atoms with E-state index in [1.165, 1.54) is 13.4 Å². The van der Waals surface area contributed by atoms with Crippen LogP contribution in [0, 0.1) is 11.3 Å². The molecule has 1 amide bonds. The summed E-state index contributed by atoms with van der Waals surface area (Å²) in [6.07, 6.45) is 1.76. The van der Waals surface area contributed by atoms with Gasteiger partial charge in [-0.3, -0.25) is 0 Å². The van der Waals surface area contributed by atoms with E-state index in [1.807, 2.05) is 5.43 Å². The fraction of sp³-hybridized carbons (Fsp3) is 0.333. The molecule has 0 saturated carbocycles. The number of nitrogens with one attached hydrogen (secondary N) is 1. The molecule has 0 rings (SSSR count). The van der Waals surface area contributed by atoms with Crippen LogP contribution in [0.25, 0.3) is 0 Å². The van der Waals surface area contributed by atoms with Crippen molar-refractivity contribution in [2.75, 3.05) is 21.2 Å². The van der Waals surface area contributed by atoms with E-state index in [4.69, 9.17) is 16.9 Å². The third-order valence-corrected chi connectivity index (χ3v) is 1.58. The third kappa shape index (κ3) is 6.92. The van der Waals surface area contributed by atoms with E-state index in [1.54, 1.807) is 25.1 Å². The molecule has 7 nitrogen and oxygen atoms in total. The van der Waals surface area contributed by atoms with Crippen LogP contribution in [0.2, 0.25) is 0 Å². The van der Waals surface area contributed by atoms with Crippen molar-refractivity contribution >= 4 is 30.2 Å². The van der Waals surface area contributed by atoms with Crippen LogP contribution in [0.3, 0.4) is 0 Å². The Kier molecular flexibility index (Phi) is 7.14. The average molecular weight is 258 g/mol. The molecule has 17 heavy (non-hydrogen) atoms. The first-order chi connectivity index (χ1) is 8.01. The van der Waals surface area contributed by atoms with E-state index >= 15 is 0 Å². The zero-order valence-electron chi connectivity index (χ0n) is 9.64. The van der Waals surface area contributed by atoms with Gasteiger partial charge in [0.15, 0.2) is 0 Å². The van der Waals surface area contributed by atoms with Crippen molar-refractivity contribution in [3.8, 4) is 6.07 Å². The van der Waals surface area contributed by atoms with E-state index in [2.05, 4.69) is 14.8 Å². The summed E-state index contributed by atoms with van der Waals surface area (Å²) in [6, 6.07) is 1.79. The van der Waals surface area contributed by atoms with Gasteiger partial charge in [0.2, 0.25) is 0 Å². The first-order valence-electron chi connectivity index (χ1n) is 4.38. The lowest BCUT2D eigenvalue weighted by Crippen LogP contribution is -2.16. The van der Waals surface area contributed by atoms with Crippen LogP contribution in [0.5, 0.6) is 0 Å². The van der Waals surface area contributed by atoms with Crippen molar-refractivity contribution in [2.45, 2.75) is 0 Å². The van der Waals surface area contributed by atoms with E-state index in [-0.39, 0.29) is 10.7 Å². The molecule has 1 N–H and O–H groups in total. The second-order valence-corrected chi connectivity index (χ2v) is 3.24. The van der Waals surface area contributed by atoms with Crippen molar-refractivity contribution in [3.63, 3.8) is 0 Å². The second kappa shape index (κ2) is 8.13. The normalized spacial score (nSPS) is 12.2. The largest absolute Gasteiger partial charge is 0.452 e. The monoisotopic (exact) mass is 257 g/mol. The number of ether oxygens (including phenoxy) is 1. The minimum atomic E-state index is -0.744. The molecule has 0 aliphatic rings. The Hall–Kier alpha value is -2.07. The molecule has 0 aromatic heterocycles.